The summed E-state index contributed by atoms with van der Waals surface area (Å²) in [5.74, 6) is 0.944. The maximum absolute atomic E-state index is 2.42. The standard InChI is InChI=1S/C48H42N2/c1-33(2)35-23-27-39(28-24-35)49(37-15-7-5-8-16-37)47-31-45-42-20-12-14-22-44(42)48(32-46(45)41-19-11-13-21-43(41)47)50(38-17-9-6-10-18-38)40-29-25-36(26-30-40)34(3)4/h5-34H,1-4H3. The van der Waals surface area contributed by atoms with Gasteiger partial charge < -0.3 is 9.80 Å². The van der Waals surface area contributed by atoms with E-state index in [0.717, 1.165) is 22.7 Å². The highest BCUT2D eigenvalue weighted by atomic mass is 15.1. The zero-order valence-electron chi connectivity index (χ0n) is 29.2. The molecule has 0 aliphatic carbocycles. The van der Waals surface area contributed by atoms with Gasteiger partial charge in [-0.05, 0) is 105 Å². The van der Waals surface area contributed by atoms with Crippen molar-refractivity contribution in [3.8, 4) is 0 Å². The Hall–Kier alpha value is -5.86. The topological polar surface area (TPSA) is 6.48 Å². The molecule has 0 bridgehead atoms. The fourth-order valence-corrected chi connectivity index (χ4v) is 7.31. The highest BCUT2D eigenvalue weighted by Gasteiger charge is 2.22. The highest BCUT2D eigenvalue weighted by molar-refractivity contribution is 6.24. The molecule has 2 heteroatoms. The summed E-state index contributed by atoms with van der Waals surface area (Å²) in [6.45, 7) is 9.00. The van der Waals surface area contributed by atoms with E-state index < -0.39 is 0 Å². The number of hydrogen-bond donors (Lipinski definition) is 0. The van der Waals surface area contributed by atoms with Crippen molar-refractivity contribution in [1.82, 2.24) is 0 Å². The average Bonchev–Trinajstić information content (AvgIpc) is 3.16. The number of anilines is 6. The minimum absolute atomic E-state index is 0.472. The van der Waals surface area contributed by atoms with E-state index in [9.17, 15) is 0 Å². The van der Waals surface area contributed by atoms with E-state index in [1.807, 2.05) is 0 Å². The summed E-state index contributed by atoms with van der Waals surface area (Å²) >= 11 is 0. The van der Waals surface area contributed by atoms with Crippen molar-refractivity contribution >= 4 is 66.4 Å². The van der Waals surface area contributed by atoms with Gasteiger partial charge in [0.15, 0.2) is 0 Å². The maximum Gasteiger partial charge on any atom is 0.0546 e. The third kappa shape index (κ3) is 5.67. The van der Waals surface area contributed by atoms with Crippen LogP contribution in [0.4, 0.5) is 34.1 Å². The average molecular weight is 647 g/mol. The second-order valence-electron chi connectivity index (χ2n) is 13.8. The van der Waals surface area contributed by atoms with Crippen LogP contribution in [0.1, 0.15) is 50.7 Å². The Morgan fingerprint density at radius 2 is 0.600 bits per heavy atom. The Balaban J connectivity index is 1.42. The minimum atomic E-state index is 0.472. The molecule has 0 atom stereocenters. The first-order valence-electron chi connectivity index (χ1n) is 17.8. The van der Waals surface area contributed by atoms with Crippen LogP contribution in [0, 0.1) is 0 Å². The Kier molecular flexibility index (Phi) is 8.30. The van der Waals surface area contributed by atoms with E-state index in [-0.39, 0.29) is 0 Å². The number of hydrogen-bond acceptors (Lipinski definition) is 2. The first kappa shape index (κ1) is 31.4. The largest absolute Gasteiger partial charge is 0.310 e. The first-order valence-corrected chi connectivity index (χ1v) is 17.8. The fraction of sp³-hybridized carbons (Fsp3) is 0.125. The monoisotopic (exact) mass is 646 g/mol. The lowest BCUT2D eigenvalue weighted by molar-refractivity contribution is 0.866. The van der Waals surface area contributed by atoms with E-state index in [1.54, 1.807) is 0 Å². The molecule has 0 spiro atoms. The molecule has 8 aromatic carbocycles. The molecule has 0 radical (unpaired) electrons. The summed E-state index contributed by atoms with van der Waals surface area (Å²) in [6, 6.07) is 62.3. The van der Waals surface area contributed by atoms with Gasteiger partial charge >= 0.3 is 0 Å². The number of para-hydroxylation sites is 2. The van der Waals surface area contributed by atoms with Gasteiger partial charge in [0.1, 0.15) is 0 Å². The molecule has 0 aromatic heterocycles. The van der Waals surface area contributed by atoms with Gasteiger partial charge in [0.25, 0.3) is 0 Å². The van der Waals surface area contributed by atoms with Crippen molar-refractivity contribution in [2.45, 2.75) is 39.5 Å². The minimum Gasteiger partial charge on any atom is -0.310 e. The number of rotatable bonds is 8. The molecule has 0 unspecified atom stereocenters. The Bertz CT molecular complexity index is 2240. The second-order valence-corrected chi connectivity index (χ2v) is 13.8. The van der Waals surface area contributed by atoms with Crippen LogP contribution in [0.2, 0.25) is 0 Å². The summed E-state index contributed by atoms with van der Waals surface area (Å²) in [7, 11) is 0. The van der Waals surface area contributed by atoms with Crippen molar-refractivity contribution in [1.29, 1.82) is 0 Å². The van der Waals surface area contributed by atoms with Gasteiger partial charge in [-0.1, -0.05) is 137 Å². The molecule has 8 aromatic rings. The first-order chi connectivity index (χ1) is 24.5. The molecule has 0 amide bonds. The molecule has 0 saturated heterocycles. The third-order valence-corrected chi connectivity index (χ3v) is 9.99. The van der Waals surface area contributed by atoms with Crippen molar-refractivity contribution in [3.63, 3.8) is 0 Å². The van der Waals surface area contributed by atoms with E-state index in [2.05, 4.69) is 207 Å². The lowest BCUT2D eigenvalue weighted by atomic mass is 9.93. The summed E-state index contributed by atoms with van der Waals surface area (Å²) in [5.41, 5.74) is 9.57. The maximum atomic E-state index is 2.42. The van der Waals surface area contributed by atoms with E-state index in [1.165, 1.54) is 54.8 Å². The van der Waals surface area contributed by atoms with Crippen LogP contribution in [0.3, 0.4) is 0 Å². The Labute approximate surface area is 295 Å². The normalized spacial score (nSPS) is 11.6. The quantitative estimate of drug-likeness (QED) is 0.152. The third-order valence-electron chi connectivity index (χ3n) is 9.99. The molecule has 0 aliphatic rings. The highest BCUT2D eigenvalue weighted by Crippen LogP contribution is 2.47. The van der Waals surface area contributed by atoms with Gasteiger partial charge in [0.2, 0.25) is 0 Å². The molecular formula is C48H42N2. The molecule has 0 N–H and O–H groups in total. The lowest BCUT2D eigenvalue weighted by Gasteiger charge is -2.30. The molecule has 0 heterocycles. The molecule has 0 aliphatic heterocycles. The summed E-state index contributed by atoms with van der Waals surface area (Å²) in [6.07, 6.45) is 0. The van der Waals surface area contributed by atoms with Gasteiger partial charge in [0, 0.05) is 33.5 Å². The van der Waals surface area contributed by atoms with E-state index in [4.69, 9.17) is 0 Å². The number of fused-ring (bicyclic) bond motifs is 5. The number of nitrogens with zero attached hydrogens (tertiary/aromatic N) is 2. The fourth-order valence-electron chi connectivity index (χ4n) is 7.31. The predicted octanol–water partition coefficient (Wildman–Crippen LogP) is 14.3. The number of benzene rings is 8. The van der Waals surface area contributed by atoms with Crippen molar-refractivity contribution in [3.05, 3.63) is 181 Å². The van der Waals surface area contributed by atoms with Crippen LogP contribution in [-0.2, 0) is 0 Å². The predicted molar refractivity (Wildman–Crippen MR) is 217 cm³/mol. The molecule has 0 fully saturated rings. The van der Waals surface area contributed by atoms with Crippen LogP contribution in [0.25, 0.3) is 32.3 Å². The van der Waals surface area contributed by atoms with Crippen LogP contribution >= 0.6 is 0 Å². The molecular weight excluding hydrogens is 605 g/mol. The SMILES string of the molecule is CC(C)c1ccc(N(c2ccccc2)c2cc3c4ccccc4c(N(c4ccccc4)c4ccc(C(C)C)cc4)cc3c3ccccc23)cc1. The zero-order chi connectivity index (χ0) is 34.2. The van der Waals surface area contributed by atoms with Gasteiger partial charge in [-0.25, -0.2) is 0 Å². The van der Waals surface area contributed by atoms with E-state index >= 15 is 0 Å². The Morgan fingerprint density at radius 3 is 0.940 bits per heavy atom. The molecule has 50 heavy (non-hydrogen) atoms. The summed E-state index contributed by atoms with van der Waals surface area (Å²) in [4.78, 5) is 4.84. The van der Waals surface area contributed by atoms with Crippen LogP contribution in [-0.4, -0.2) is 0 Å². The van der Waals surface area contributed by atoms with Crippen LogP contribution < -0.4 is 9.80 Å². The van der Waals surface area contributed by atoms with Crippen LogP contribution in [0.15, 0.2) is 170 Å². The molecule has 8 rings (SSSR count). The second kappa shape index (κ2) is 13.2. The van der Waals surface area contributed by atoms with Crippen molar-refractivity contribution in [2.75, 3.05) is 9.80 Å². The Morgan fingerprint density at radius 1 is 0.300 bits per heavy atom. The zero-order valence-corrected chi connectivity index (χ0v) is 29.2. The van der Waals surface area contributed by atoms with Crippen molar-refractivity contribution in [2.24, 2.45) is 0 Å². The smallest absolute Gasteiger partial charge is 0.0546 e. The lowest BCUT2D eigenvalue weighted by Crippen LogP contribution is -2.12. The van der Waals surface area contributed by atoms with Gasteiger partial charge in [-0.3, -0.25) is 0 Å². The summed E-state index contributed by atoms with van der Waals surface area (Å²) in [5, 5.41) is 7.36. The van der Waals surface area contributed by atoms with Gasteiger partial charge in [-0.2, -0.15) is 0 Å². The van der Waals surface area contributed by atoms with Gasteiger partial charge in [-0.15, -0.1) is 0 Å². The summed E-state index contributed by atoms with van der Waals surface area (Å²) < 4.78 is 0. The van der Waals surface area contributed by atoms with Gasteiger partial charge in [0.05, 0.1) is 11.4 Å². The molecule has 2 nitrogen and oxygen atoms in total. The molecule has 244 valence electrons. The van der Waals surface area contributed by atoms with Crippen LogP contribution in [0.5, 0.6) is 0 Å². The molecule has 0 saturated carbocycles. The van der Waals surface area contributed by atoms with Crippen molar-refractivity contribution < 1.29 is 0 Å². The van der Waals surface area contributed by atoms with E-state index in [0.29, 0.717) is 11.8 Å².